The lowest BCUT2D eigenvalue weighted by Crippen LogP contribution is -2.46. The Hall–Kier alpha value is -1.66. The fraction of sp³-hybridized carbons (Fsp3) is 0.417. The van der Waals surface area contributed by atoms with E-state index in [1.807, 2.05) is 0 Å². The van der Waals surface area contributed by atoms with Gasteiger partial charge in [0.1, 0.15) is 5.82 Å². The summed E-state index contributed by atoms with van der Waals surface area (Å²) in [4.78, 5) is 12.1. The minimum atomic E-state index is -1.18. The van der Waals surface area contributed by atoms with Crippen LogP contribution in [-0.2, 0) is 5.54 Å². The summed E-state index contributed by atoms with van der Waals surface area (Å²) in [5, 5.41) is 18.3. The van der Waals surface area contributed by atoms with Crippen LogP contribution in [0, 0.1) is 11.7 Å². The van der Waals surface area contributed by atoms with E-state index in [2.05, 4.69) is 0 Å². The van der Waals surface area contributed by atoms with Crippen LogP contribution in [0.25, 0.3) is 0 Å². The minimum Gasteiger partial charge on any atom is -0.465 e. The standard InChI is InChI=1S/C12H15FN2O3/c13-10-4-2-1-3-9(10)12(14)7-15(11(17)18)5-8(12)6-16/h1-4,8,16H,5-7,14H2,(H,17,18). The van der Waals surface area contributed by atoms with Gasteiger partial charge in [0.25, 0.3) is 0 Å². The fourth-order valence-corrected chi connectivity index (χ4v) is 2.45. The quantitative estimate of drug-likeness (QED) is 0.720. The van der Waals surface area contributed by atoms with Crippen molar-refractivity contribution in [2.75, 3.05) is 19.7 Å². The van der Waals surface area contributed by atoms with Crippen LogP contribution in [0.5, 0.6) is 0 Å². The van der Waals surface area contributed by atoms with Crippen molar-refractivity contribution >= 4 is 6.09 Å². The lowest BCUT2D eigenvalue weighted by atomic mass is 9.81. The average molecular weight is 254 g/mol. The third kappa shape index (κ3) is 1.93. The highest BCUT2D eigenvalue weighted by Gasteiger charge is 2.47. The van der Waals surface area contributed by atoms with Crippen molar-refractivity contribution in [3.05, 3.63) is 35.6 Å². The smallest absolute Gasteiger partial charge is 0.407 e. The number of rotatable bonds is 2. The average Bonchev–Trinajstić information content (AvgIpc) is 2.68. The molecule has 2 atom stereocenters. The van der Waals surface area contributed by atoms with Crippen molar-refractivity contribution in [1.82, 2.24) is 4.90 Å². The number of halogens is 1. The molecule has 6 heteroatoms. The molecule has 18 heavy (non-hydrogen) atoms. The number of aliphatic hydroxyl groups is 1. The van der Waals surface area contributed by atoms with Crippen LogP contribution < -0.4 is 5.73 Å². The molecule has 1 heterocycles. The van der Waals surface area contributed by atoms with Gasteiger partial charge in [-0.3, -0.25) is 0 Å². The summed E-state index contributed by atoms with van der Waals surface area (Å²) >= 11 is 0. The molecule has 0 aliphatic carbocycles. The summed E-state index contributed by atoms with van der Waals surface area (Å²) in [6.07, 6.45) is -1.11. The van der Waals surface area contributed by atoms with Gasteiger partial charge in [0.05, 0.1) is 5.54 Å². The van der Waals surface area contributed by atoms with Crippen LogP contribution in [0.3, 0.4) is 0 Å². The van der Waals surface area contributed by atoms with E-state index in [1.165, 1.54) is 12.1 Å². The number of hydrogen-bond acceptors (Lipinski definition) is 3. The molecule has 0 saturated carbocycles. The maximum atomic E-state index is 13.8. The van der Waals surface area contributed by atoms with Gasteiger partial charge in [-0.25, -0.2) is 9.18 Å². The van der Waals surface area contributed by atoms with Gasteiger partial charge < -0.3 is 20.8 Å². The number of likely N-dealkylation sites (tertiary alicyclic amines) is 1. The highest BCUT2D eigenvalue weighted by molar-refractivity contribution is 5.66. The van der Waals surface area contributed by atoms with Crippen LogP contribution >= 0.6 is 0 Å². The van der Waals surface area contributed by atoms with Crippen molar-refractivity contribution in [3.63, 3.8) is 0 Å². The van der Waals surface area contributed by atoms with Crippen molar-refractivity contribution in [2.24, 2.45) is 11.7 Å². The van der Waals surface area contributed by atoms with Gasteiger partial charge in [-0.1, -0.05) is 18.2 Å². The molecule has 2 rings (SSSR count). The largest absolute Gasteiger partial charge is 0.465 e. The third-order valence-electron chi connectivity index (χ3n) is 3.49. The Kier molecular flexibility index (Phi) is 3.23. The Morgan fingerprint density at radius 1 is 1.56 bits per heavy atom. The topological polar surface area (TPSA) is 86.8 Å². The molecule has 1 aromatic rings. The van der Waals surface area contributed by atoms with E-state index in [0.717, 1.165) is 4.90 Å². The second kappa shape index (κ2) is 4.55. The predicted octanol–water partition coefficient (Wildman–Crippen LogP) is 0.582. The number of nitrogens with zero attached hydrogens (tertiary/aromatic N) is 1. The molecular formula is C12H15FN2O3. The van der Waals surface area contributed by atoms with Crippen molar-refractivity contribution in [3.8, 4) is 0 Å². The first-order valence-corrected chi connectivity index (χ1v) is 5.61. The molecule has 1 aliphatic heterocycles. The zero-order valence-corrected chi connectivity index (χ0v) is 9.71. The van der Waals surface area contributed by atoms with Gasteiger partial charge in [0.2, 0.25) is 0 Å². The molecule has 1 aromatic carbocycles. The molecule has 4 N–H and O–H groups in total. The van der Waals surface area contributed by atoms with E-state index in [-0.39, 0.29) is 25.3 Å². The zero-order valence-electron chi connectivity index (χ0n) is 9.71. The first-order valence-electron chi connectivity index (χ1n) is 5.61. The second-order valence-electron chi connectivity index (χ2n) is 4.56. The maximum absolute atomic E-state index is 13.8. The van der Waals surface area contributed by atoms with E-state index in [0.29, 0.717) is 0 Å². The highest BCUT2D eigenvalue weighted by Crippen LogP contribution is 2.35. The molecule has 0 aromatic heterocycles. The summed E-state index contributed by atoms with van der Waals surface area (Å²) in [5.74, 6) is -0.990. The van der Waals surface area contributed by atoms with Crippen molar-refractivity contribution in [2.45, 2.75) is 5.54 Å². The number of nitrogens with two attached hydrogens (primary N) is 1. The van der Waals surface area contributed by atoms with Crippen molar-refractivity contribution in [1.29, 1.82) is 0 Å². The first-order chi connectivity index (χ1) is 8.49. The first kappa shape index (κ1) is 12.8. The number of amides is 1. The highest BCUT2D eigenvalue weighted by atomic mass is 19.1. The summed E-state index contributed by atoms with van der Waals surface area (Å²) in [6.45, 7) is -0.195. The summed E-state index contributed by atoms with van der Waals surface area (Å²) in [6, 6.07) is 6.00. The molecular weight excluding hydrogens is 239 g/mol. The number of carbonyl (C=O) groups is 1. The van der Waals surface area contributed by atoms with Crippen molar-refractivity contribution < 1.29 is 19.4 Å². The molecule has 0 spiro atoms. The Labute approximate surface area is 104 Å². The Morgan fingerprint density at radius 3 is 2.78 bits per heavy atom. The Morgan fingerprint density at radius 2 is 2.22 bits per heavy atom. The number of carboxylic acid groups (broad SMARTS) is 1. The van der Waals surface area contributed by atoms with E-state index >= 15 is 0 Å². The molecule has 5 nitrogen and oxygen atoms in total. The Bertz CT molecular complexity index is 468. The summed E-state index contributed by atoms with van der Waals surface area (Å²) in [5.41, 5.74) is 5.22. The minimum absolute atomic E-state index is 0.0194. The molecule has 0 bridgehead atoms. The lowest BCUT2D eigenvalue weighted by molar-refractivity contribution is 0.150. The lowest BCUT2D eigenvalue weighted by Gasteiger charge is -2.29. The molecule has 2 unspecified atom stereocenters. The predicted molar refractivity (Wildman–Crippen MR) is 62.4 cm³/mol. The normalized spacial score (nSPS) is 27.5. The van der Waals surface area contributed by atoms with Gasteiger partial charge in [-0.2, -0.15) is 0 Å². The van der Waals surface area contributed by atoms with Gasteiger partial charge in [0, 0.05) is 31.2 Å². The van der Waals surface area contributed by atoms with Crippen LogP contribution in [0.2, 0.25) is 0 Å². The summed E-state index contributed by atoms with van der Waals surface area (Å²) in [7, 11) is 0. The molecule has 1 amide bonds. The molecule has 1 fully saturated rings. The number of hydrogen-bond donors (Lipinski definition) is 3. The molecule has 1 saturated heterocycles. The van der Waals surface area contributed by atoms with Crippen LogP contribution in [0.4, 0.5) is 9.18 Å². The fourth-order valence-electron chi connectivity index (χ4n) is 2.45. The maximum Gasteiger partial charge on any atom is 0.407 e. The van der Waals surface area contributed by atoms with E-state index in [4.69, 9.17) is 10.8 Å². The zero-order chi connectivity index (χ0) is 13.3. The Balaban J connectivity index is 2.40. The van der Waals surface area contributed by atoms with E-state index < -0.39 is 23.4 Å². The number of benzene rings is 1. The van der Waals surface area contributed by atoms with Gasteiger partial charge in [-0.05, 0) is 6.07 Å². The van der Waals surface area contributed by atoms with Gasteiger partial charge in [0.15, 0.2) is 0 Å². The summed E-state index contributed by atoms with van der Waals surface area (Å²) < 4.78 is 13.8. The van der Waals surface area contributed by atoms with Crippen LogP contribution in [0.1, 0.15) is 5.56 Å². The van der Waals surface area contributed by atoms with Crippen LogP contribution in [0.15, 0.2) is 24.3 Å². The van der Waals surface area contributed by atoms with Gasteiger partial charge in [-0.15, -0.1) is 0 Å². The molecule has 98 valence electrons. The molecule has 0 radical (unpaired) electrons. The SMILES string of the molecule is NC1(c2ccccc2F)CN(C(=O)O)CC1CO. The van der Waals surface area contributed by atoms with E-state index in [1.54, 1.807) is 12.1 Å². The monoisotopic (exact) mass is 254 g/mol. The van der Waals surface area contributed by atoms with E-state index in [9.17, 15) is 14.3 Å². The molecule has 1 aliphatic rings. The number of aliphatic hydroxyl groups excluding tert-OH is 1. The second-order valence-corrected chi connectivity index (χ2v) is 4.56. The van der Waals surface area contributed by atoms with Crippen LogP contribution in [-0.4, -0.2) is 40.9 Å². The van der Waals surface area contributed by atoms with Gasteiger partial charge >= 0.3 is 6.09 Å². The third-order valence-corrected chi connectivity index (χ3v) is 3.49.